The molecule has 1 atom stereocenters. The van der Waals surface area contributed by atoms with Gasteiger partial charge < -0.3 is 0 Å². The van der Waals surface area contributed by atoms with Gasteiger partial charge in [-0.25, -0.2) is 0 Å². The maximum atomic E-state index is 3.81. The summed E-state index contributed by atoms with van der Waals surface area (Å²) in [5.74, 6) is 0.663. The van der Waals surface area contributed by atoms with Crippen LogP contribution in [-0.4, -0.2) is 4.43 Å². The molecule has 0 saturated carbocycles. The zero-order valence-corrected chi connectivity index (χ0v) is 9.91. The van der Waals surface area contributed by atoms with Crippen molar-refractivity contribution in [1.29, 1.82) is 0 Å². The standard InChI is InChI=1S/C12H15I/c1-2-6-11(9-10-13)12-7-4-3-5-8-12/h2-5,7-8,11H,1,6,9-10H2/t11-/m1/s1. The van der Waals surface area contributed by atoms with Crippen molar-refractivity contribution < 1.29 is 0 Å². The molecule has 0 bridgehead atoms. The fourth-order valence-electron chi connectivity index (χ4n) is 1.48. The molecule has 0 aromatic heterocycles. The van der Waals surface area contributed by atoms with E-state index >= 15 is 0 Å². The molecular weight excluding hydrogens is 271 g/mol. The van der Waals surface area contributed by atoms with Crippen LogP contribution in [-0.2, 0) is 0 Å². The first-order valence-electron chi connectivity index (χ1n) is 4.60. The predicted octanol–water partition coefficient (Wildman–Crippen LogP) is 4.17. The van der Waals surface area contributed by atoms with E-state index in [0.29, 0.717) is 5.92 Å². The molecule has 1 rings (SSSR count). The van der Waals surface area contributed by atoms with Crippen LogP contribution in [0, 0.1) is 0 Å². The highest BCUT2D eigenvalue weighted by atomic mass is 127. The molecule has 0 spiro atoms. The van der Waals surface area contributed by atoms with Crippen LogP contribution in [0.4, 0.5) is 0 Å². The molecule has 1 aromatic rings. The van der Waals surface area contributed by atoms with Crippen LogP contribution >= 0.6 is 22.6 Å². The molecule has 0 N–H and O–H groups in total. The highest BCUT2D eigenvalue weighted by Crippen LogP contribution is 2.24. The zero-order valence-electron chi connectivity index (χ0n) is 7.75. The lowest BCUT2D eigenvalue weighted by Gasteiger charge is -2.13. The lowest BCUT2D eigenvalue weighted by atomic mass is 9.93. The van der Waals surface area contributed by atoms with Gasteiger partial charge in [-0.05, 0) is 24.3 Å². The third-order valence-electron chi connectivity index (χ3n) is 2.18. The van der Waals surface area contributed by atoms with Crippen LogP contribution in [0.5, 0.6) is 0 Å². The molecule has 0 aliphatic heterocycles. The van der Waals surface area contributed by atoms with Crippen molar-refractivity contribution in [3.05, 3.63) is 48.6 Å². The third-order valence-corrected chi connectivity index (χ3v) is 2.80. The first-order valence-corrected chi connectivity index (χ1v) is 6.13. The zero-order chi connectivity index (χ0) is 9.52. The molecule has 0 fully saturated rings. The maximum absolute atomic E-state index is 3.81. The van der Waals surface area contributed by atoms with E-state index in [1.165, 1.54) is 16.4 Å². The average Bonchev–Trinajstić information content (AvgIpc) is 2.19. The number of halogens is 1. The summed E-state index contributed by atoms with van der Waals surface area (Å²) in [7, 11) is 0. The van der Waals surface area contributed by atoms with Crippen molar-refractivity contribution in [3.8, 4) is 0 Å². The van der Waals surface area contributed by atoms with Crippen molar-refractivity contribution in [2.24, 2.45) is 0 Å². The van der Waals surface area contributed by atoms with Gasteiger partial charge in [0.25, 0.3) is 0 Å². The molecular formula is C12H15I. The second kappa shape index (κ2) is 6.19. The summed E-state index contributed by atoms with van der Waals surface area (Å²) in [6, 6.07) is 10.7. The van der Waals surface area contributed by atoms with Crippen molar-refractivity contribution in [3.63, 3.8) is 0 Å². The van der Waals surface area contributed by atoms with Gasteiger partial charge in [0.15, 0.2) is 0 Å². The summed E-state index contributed by atoms with van der Waals surface area (Å²) >= 11 is 2.43. The van der Waals surface area contributed by atoms with Gasteiger partial charge in [-0.2, -0.15) is 0 Å². The van der Waals surface area contributed by atoms with Gasteiger partial charge in [-0.1, -0.05) is 59.0 Å². The van der Waals surface area contributed by atoms with Crippen LogP contribution in [0.15, 0.2) is 43.0 Å². The van der Waals surface area contributed by atoms with E-state index in [-0.39, 0.29) is 0 Å². The highest BCUT2D eigenvalue weighted by Gasteiger charge is 2.07. The Morgan fingerprint density at radius 2 is 2.00 bits per heavy atom. The van der Waals surface area contributed by atoms with E-state index < -0.39 is 0 Å². The fraction of sp³-hybridized carbons (Fsp3) is 0.333. The minimum atomic E-state index is 0.663. The Morgan fingerprint density at radius 1 is 1.31 bits per heavy atom. The number of allylic oxidation sites excluding steroid dienone is 1. The largest absolute Gasteiger partial charge is 0.103 e. The topological polar surface area (TPSA) is 0 Å². The lowest BCUT2D eigenvalue weighted by Crippen LogP contribution is -1.97. The molecule has 1 heteroatoms. The quantitative estimate of drug-likeness (QED) is 0.433. The molecule has 13 heavy (non-hydrogen) atoms. The van der Waals surface area contributed by atoms with Crippen LogP contribution in [0.1, 0.15) is 24.3 Å². The number of hydrogen-bond acceptors (Lipinski definition) is 0. The molecule has 0 aliphatic carbocycles. The number of rotatable bonds is 5. The summed E-state index contributed by atoms with van der Waals surface area (Å²) in [5, 5.41) is 0. The van der Waals surface area contributed by atoms with E-state index in [4.69, 9.17) is 0 Å². The van der Waals surface area contributed by atoms with Crippen LogP contribution in [0.25, 0.3) is 0 Å². The van der Waals surface area contributed by atoms with Crippen LogP contribution in [0.3, 0.4) is 0 Å². The Labute approximate surface area is 94.2 Å². The van der Waals surface area contributed by atoms with Gasteiger partial charge in [0.05, 0.1) is 0 Å². The summed E-state index contributed by atoms with van der Waals surface area (Å²) in [4.78, 5) is 0. The van der Waals surface area contributed by atoms with Gasteiger partial charge in [-0.3, -0.25) is 0 Å². The van der Waals surface area contributed by atoms with Gasteiger partial charge in [0, 0.05) is 4.43 Å². The monoisotopic (exact) mass is 286 g/mol. The van der Waals surface area contributed by atoms with Crippen molar-refractivity contribution >= 4 is 22.6 Å². The van der Waals surface area contributed by atoms with Crippen LogP contribution in [0.2, 0.25) is 0 Å². The Morgan fingerprint density at radius 3 is 2.54 bits per heavy atom. The fourth-order valence-corrected chi connectivity index (χ4v) is 2.23. The number of alkyl halides is 1. The van der Waals surface area contributed by atoms with E-state index in [9.17, 15) is 0 Å². The Hall–Kier alpha value is -0.310. The Kier molecular flexibility index (Phi) is 5.13. The first kappa shape index (κ1) is 10.8. The highest BCUT2D eigenvalue weighted by molar-refractivity contribution is 14.1. The SMILES string of the molecule is C=CC[C@H](CCI)c1ccccc1. The molecule has 70 valence electrons. The molecule has 0 heterocycles. The van der Waals surface area contributed by atoms with E-state index in [1.807, 2.05) is 6.08 Å². The Bertz CT molecular complexity index is 241. The molecule has 0 unspecified atom stereocenters. The van der Waals surface area contributed by atoms with Gasteiger partial charge in [-0.15, -0.1) is 6.58 Å². The Balaban J connectivity index is 2.69. The molecule has 0 radical (unpaired) electrons. The predicted molar refractivity (Wildman–Crippen MR) is 67.5 cm³/mol. The molecule has 0 saturated heterocycles. The van der Waals surface area contributed by atoms with Gasteiger partial charge >= 0.3 is 0 Å². The lowest BCUT2D eigenvalue weighted by molar-refractivity contribution is 0.686. The summed E-state index contributed by atoms with van der Waals surface area (Å²) in [6.45, 7) is 3.81. The van der Waals surface area contributed by atoms with Crippen molar-refractivity contribution in [1.82, 2.24) is 0 Å². The van der Waals surface area contributed by atoms with Crippen molar-refractivity contribution in [2.45, 2.75) is 18.8 Å². The third kappa shape index (κ3) is 3.51. The van der Waals surface area contributed by atoms with E-state index in [0.717, 1.165) is 6.42 Å². The van der Waals surface area contributed by atoms with E-state index in [1.54, 1.807) is 0 Å². The average molecular weight is 286 g/mol. The minimum Gasteiger partial charge on any atom is -0.103 e. The molecule has 0 amide bonds. The van der Waals surface area contributed by atoms with E-state index in [2.05, 4.69) is 59.5 Å². The number of hydrogen-bond donors (Lipinski definition) is 0. The number of benzene rings is 1. The van der Waals surface area contributed by atoms with Gasteiger partial charge in [0.1, 0.15) is 0 Å². The molecule has 1 aromatic carbocycles. The smallest absolute Gasteiger partial charge is 0.000120 e. The summed E-state index contributed by atoms with van der Waals surface area (Å²) in [5.41, 5.74) is 1.44. The second-order valence-electron chi connectivity index (χ2n) is 3.11. The van der Waals surface area contributed by atoms with Gasteiger partial charge in [0.2, 0.25) is 0 Å². The van der Waals surface area contributed by atoms with Crippen LogP contribution < -0.4 is 0 Å². The normalized spacial score (nSPS) is 12.4. The molecule has 0 nitrogen and oxygen atoms in total. The minimum absolute atomic E-state index is 0.663. The summed E-state index contributed by atoms with van der Waals surface area (Å²) in [6.07, 6.45) is 4.35. The molecule has 0 aliphatic rings. The second-order valence-corrected chi connectivity index (χ2v) is 4.19. The maximum Gasteiger partial charge on any atom is 0.000120 e. The van der Waals surface area contributed by atoms with Crippen molar-refractivity contribution in [2.75, 3.05) is 4.43 Å². The first-order chi connectivity index (χ1) is 6.38. The summed E-state index contributed by atoms with van der Waals surface area (Å²) < 4.78 is 1.21.